The molecular formula is C16H17N3O3. The lowest BCUT2D eigenvalue weighted by molar-refractivity contribution is 0.0947. The van der Waals surface area contributed by atoms with Gasteiger partial charge in [-0.3, -0.25) is 4.79 Å². The van der Waals surface area contributed by atoms with Crippen LogP contribution >= 0.6 is 0 Å². The molecular weight excluding hydrogens is 282 g/mol. The van der Waals surface area contributed by atoms with Gasteiger partial charge in [-0.1, -0.05) is 6.07 Å². The maximum Gasteiger partial charge on any atom is 0.263 e. The smallest absolute Gasteiger partial charge is 0.263 e. The standard InChI is InChI=1S/C16H17N3O3/c1-19(2)10-9-17-15(20)11-5-3-6-12-14(11)21-13-7-4-8-18-16(13)22-12/h3-8H,9-10H2,1-2H3,(H,17,20). The van der Waals surface area contributed by atoms with Crippen LogP contribution in [0, 0.1) is 0 Å². The number of aromatic nitrogens is 1. The molecule has 0 saturated carbocycles. The van der Waals surface area contributed by atoms with Crippen molar-refractivity contribution in [1.82, 2.24) is 15.2 Å². The van der Waals surface area contributed by atoms with Gasteiger partial charge >= 0.3 is 0 Å². The SMILES string of the molecule is CN(C)CCNC(=O)c1cccc2c1Oc1cccnc1O2. The molecule has 2 heterocycles. The number of para-hydroxylation sites is 1. The van der Waals surface area contributed by atoms with Crippen LogP contribution in [0.2, 0.25) is 0 Å². The number of carbonyl (C=O) groups is 1. The van der Waals surface area contributed by atoms with Crippen LogP contribution in [0.25, 0.3) is 0 Å². The van der Waals surface area contributed by atoms with Crippen molar-refractivity contribution in [2.24, 2.45) is 0 Å². The summed E-state index contributed by atoms with van der Waals surface area (Å²) in [6, 6.07) is 8.74. The molecule has 114 valence electrons. The Morgan fingerprint density at radius 2 is 2.00 bits per heavy atom. The molecule has 1 amide bonds. The van der Waals surface area contributed by atoms with Crippen molar-refractivity contribution in [2.75, 3.05) is 27.2 Å². The quantitative estimate of drug-likeness (QED) is 0.800. The lowest BCUT2D eigenvalue weighted by Crippen LogP contribution is -2.31. The minimum Gasteiger partial charge on any atom is -0.447 e. The fraction of sp³-hybridized carbons (Fsp3) is 0.250. The van der Waals surface area contributed by atoms with Crippen molar-refractivity contribution < 1.29 is 14.3 Å². The minimum atomic E-state index is -0.186. The number of rotatable bonds is 4. The molecule has 0 fully saturated rings. The fourth-order valence-corrected chi connectivity index (χ4v) is 2.11. The highest BCUT2D eigenvalue weighted by Gasteiger charge is 2.24. The molecule has 2 aromatic rings. The number of carbonyl (C=O) groups excluding carboxylic acids is 1. The predicted octanol–water partition coefficient (Wildman–Crippen LogP) is 2.27. The lowest BCUT2D eigenvalue weighted by atomic mass is 10.1. The van der Waals surface area contributed by atoms with Crippen LogP contribution in [0.4, 0.5) is 0 Å². The fourth-order valence-electron chi connectivity index (χ4n) is 2.11. The van der Waals surface area contributed by atoms with Crippen molar-refractivity contribution in [2.45, 2.75) is 0 Å². The minimum absolute atomic E-state index is 0.186. The van der Waals surface area contributed by atoms with E-state index < -0.39 is 0 Å². The highest BCUT2D eigenvalue weighted by atomic mass is 16.6. The number of nitrogens with one attached hydrogen (secondary N) is 1. The molecule has 1 aromatic heterocycles. The summed E-state index contributed by atoms with van der Waals surface area (Å²) < 4.78 is 11.5. The Kier molecular flexibility index (Phi) is 3.93. The summed E-state index contributed by atoms with van der Waals surface area (Å²) in [5.74, 6) is 1.63. The molecule has 22 heavy (non-hydrogen) atoms. The Hall–Kier alpha value is -2.60. The van der Waals surface area contributed by atoms with Gasteiger partial charge in [0, 0.05) is 19.3 Å². The average molecular weight is 299 g/mol. The van der Waals surface area contributed by atoms with Crippen LogP contribution in [0.15, 0.2) is 36.5 Å². The number of fused-ring (bicyclic) bond motifs is 2. The summed E-state index contributed by atoms with van der Waals surface area (Å²) in [5.41, 5.74) is 0.450. The Bertz CT molecular complexity index is 701. The van der Waals surface area contributed by atoms with E-state index in [0.717, 1.165) is 6.54 Å². The predicted molar refractivity (Wildman–Crippen MR) is 81.7 cm³/mol. The third-order valence-corrected chi connectivity index (χ3v) is 3.22. The van der Waals surface area contributed by atoms with E-state index in [9.17, 15) is 4.79 Å². The Morgan fingerprint density at radius 3 is 2.82 bits per heavy atom. The van der Waals surface area contributed by atoms with E-state index in [0.29, 0.717) is 35.2 Å². The molecule has 0 unspecified atom stereocenters. The molecule has 0 radical (unpaired) electrons. The van der Waals surface area contributed by atoms with E-state index in [1.54, 1.807) is 36.5 Å². The number of pyridine rings is 1. The molecule has 0 spiro atoms. The van der Waals surface area contributed by atoms with Gasteiger partial charge in [0.25, 0.3) is 11.8 Å². The van der Waals surface area contributed by atoms with Gasteiger partial charge in [0.2, 0.25) is 0 Å². The Labute approximate surface area is 128 Å². The van der Waals surface area contributed by atoms with Crippen LogP contribution in [-0.2, 0) is 0 Å². The summed E-state index contributed by atoms with van der Waals surface area (Å²) in [7, 11) is 3.91. The van der Waals surface area contributed by atoms with Gasteiger partial charge < -0.3 is 19.7 Å². The molecule has 0 saturated heterocycles. The van der Waals surface area contributed by atoms with Crippen LogP contribution in [0.5, 0.6) is 23.1 Å². The summed E-state index contributed by atoms with van der Waals surface area (Å²) in [4.78, 5) is 18.4. The van der Waals surface area contributed by atoms with Crippen LogP contribution < -0.4 is 14.8 Å². The van der Waals surface area contributed by atoms with Gasteiger partial charge in [0.15, 0.2) is 17.2 Å². The van der Waals surface area contributed by atoms with Gasteiger partial charge in [-0.15, -0.1) is 0 Å². The topological polar surface area (TPSA) is 63.7 Å². The number of nitrogens with zero attached hydrogens (tertiary/aromatic N) is 2. The Balaban J connectivity index is 1.82. The summed E-state index contributed by atoms with van der Waals surface area (Å²) in [6.07, 6.45) is 1.63. The zero-order valence-corrected chi connectivity index (χ0v) is 12.5. The molecule has 0 bridgehead atoms. The number of benzene rings is 1. The van der Waals surface area contributed by atoms with Gasteiger partial charge in [-0.25, -0.2) is 4.98 Å². The second kappa shape index (κ2) is 6.03. The second-order valence-corrected chi connectivity index (χ2v) is 5.20. The molecule has 1 N–H and O–H groups in total. The largest absolute Gasteiger partial charge is 0.447 e. The summed E-state index contributed by atoms with van der Waals surface area (Å²) >= 11 is 0. The molecule has 6 nitrogen and oxygen atoms in total. The van der Waals surface area contributed by atoms with E-state index in [2.05, 4.69) is 10.3 Å². The van der Waals surface area contributed by atoms with Crippen molar-refractivity contribution in [3.05, 3.63) is 42.1 Å². The van der Waals surface area contributed by atoms with Gasteiger partial charge in [0.05, 0.1) is 5.56 Å². The van der Waals surface area contributed by atoms with Gasteiger partial charge in [-0.2, -0.15) is 0 Å². The average Bonchev–Trinajstić information content (AvgIpc) is 2.51. The van der Waals surface area contributed by atoms with Gasteiger partial charge in [0.1, 0.15) is 0 Å². The molecule has 0 aliphatic carbocycles. The molecule has 6 heteroatoms. The number of hydrogen-bond acceptors (Lipinski definition) is 5. The first-order valence-electron chi connectivity index (χ1n) is 7.02. The number of ether oxygens (including phenoxy) is 2. The van der Waals surface area contributed by atoms with E-state index >= 15 is 0 Å². The van der Waals surface area contributed by atoms with Crippen molar-refractivity contribution in [1.29, 1.82) is 0 Å². The maximum atomic E-state index is 12.3. The molecule has 1 aliphatic rings. The third kappa shape index (κ3) is 2.87. The highest BCUT2D eigenvalue weighted by molar-refractivity contribution is 5.98. The maximum absolute atomic E-state index is 12.3. The lowest BCUT2D eigenvalue weighted by Gasteiger charge is -2.21. The number of amides is 1. The van der Waals surface area contributed by atoms with Gasteiger partial charge in [-0.05, 0) is 38.4 Å². The zero-order chi connectivity index (χ0) is 15.5. The van der Waals surface area contributed by atoms with E-state index in [1.807, 2.05) is 19.0 Å². The molecule has 3 rings (SSSR count). The van der Waals surface area contributed by atoms with E-state index in [4.69, 9.17) is 9.47 Å². The van der Waals surface area contributed by atoms with Crippen molar-refractivity contribution >= 4 is 5.91 Å². The van der Waals surface area contributed by atoms with Crippen LogP contribution in [0.1, 0.15) is 10.4 Å². The molecule has 0 atom stereocenters. The first kappa shape index (κ1) is 14.3. The Morgan fingerprint density at radius 1 is 1.18 bits per heavy atom. The van der Waals surface area contributed by atoms with Crippen LogP contribution in [-0.4, -0.2) is 43.0 Å². The van der Waals surface area contributed by atoms with Crippen molar-refractivity contribution in [3.63, 3.8) is 0 Å². The summed E-state index contributed by atoms with van der Waals surface area (Å²) in [6.45, 7) is 1.33. The monoisotopic (exact) mass is 299 g/mol. The number of likely N-dealkylation sites (N-methyl/N-ethyl adjacent to an activating group) is 1. The highest BCUT2D eigenvalue weighted by Crippen LogP contribution is 2.45. The zero-order valence-electron chi connectivity index (χ0n) is 12.5. The van der Waals surface area contributed by atoms with Crippen molar-refractivity contribution in [3.8, 4) is 23.1 Å². The van der Waals surface area contributed by atoms with E-state index in [-0.39, 0.29) is 5.91 Å². The normalized spacial score (nSPS) is 12.0. The van der Waals surface area contributed by atoms with Crippen LogP contribution in [0.3, 0.4) is 0 Å². The molecule has 1 aromatic carbocycles. The second-order valence-electron chi connectivity index (χ2n) is 5.20. The van der Waals surface area contributed by atoms with E-state index in [1.165, 1.54) is 0 Å². The third-order valence-electron chi connectivity index (χ3n) is 3.22. The first-order valence-corrected chi connectivity index (χ1v) is 7.02. The number of hydrogen-bond donors (Lipinski definition) is 1. The molecule has 1 aliphatic heterocycles. The first-order chi connectivity index (χ1) is 10.6. The summed E-state index contributed by atoms with van der Waals surface area (Å²) in [5, 5.41) is 2.87.